The van der Waals surface area contributed by atoms with Crippen molar-refractivity contribution in [3.63, 3.8) is 0 Å². The maximum Gasteiger partial charge on any atom is 0.251 e. The third-order valence-electron chi connectivity index (χ3n) is 5.17. The Hall–Kier alpha value is -3.48. The number of carbonyl (C=O) groups is 2. The van der Waals surface area contributed by atoms with E-state index in [0.29, 0.717) is 17.5 Å². The lowest BCUT2D eigenvalue weighted by molar-refractivity contribution is 0.0936. The number of aromatic nitrogens is 2. The van der Waals surface area contributed by atoms with Gasteiger partial charge in [-0.1, -0.05) is 12.1 Å². The van der Waals surface area contributed by atoms with Gasteiger partial charge in [-0.05, 0) is 61.2 Å². The zero-order valence-electron chi connectivity index (χ0n) is 15.7. The van der Waals surface area contributed by atoms with E-state index in [9.17, 15) is 14.0 Å². The van der Waals surface area contributed by atoms with Gasteiger partial charge in [-0.3, -0.25) is 14.7 Å². The van der Waals surface area contributed by atoms with Gasteiger partial charge in [0.15, 0.2) is 0 Å². The van der Waals surface area contributed by atoms with Crippen LogP contribution in [0, 0.1) is 5.82 Å². The molecule has 1 aromatic heterocycles. The molecule has 1 fully saturated rings. The number of benzene rings is 2. The van der Waals surface area contributed by atoms with Crippen LogP contribution in [-0.2, 0) is 0 Å². The number of H-pyrrole nitrogens is 1. The molecule has 7 heteroatoms. The summed E-state index contributed by atoms with van der Waals surface area (Å²) < 4.78 is 13.0. The first-order valence-electron chi connectivity index (χ1n) is 9.55. The van der Waals surface area contributed by atoms with Crippen molar-refractivity contribution < 1.29 is 14.0 Å². The molecule has 1 aliphatic rings. The molecule has 6 nitrogen and oxygen atoms in total. The standard InChI is InChI=1S/C22H21FN4O2/c23-18-6-4-14(5-7-18)21(28)26-19-8-9-20(11-19)27-22(29)16-3-1-2-15(10-16)17-12-24-25-13-17/h1-7,10,12-13,19-20H,8-9,11H2,(H,24,25)(H,26,28)(H,27,29)/t19-,20+/m1/s1. The smallest absolute Gasteiger partial charge is 0.251 e. The number of amides is 2. The van der Waals surface area contributed by atoms with Crippen molar-refractivity contribution in [3.8, 4) is 11.1 Å². The van der Waals surface area contributed by atoms with Crippen LogP contribution in [0.4, 0.5) is 4.39 Å². The minimum absolute atomic E-state index is 0.00130. The Kier molecular flexibility index (Phi) is 5.37. The fourth-order valence-corrected chi connectivity index (χ4v) is 3.63. The van der Waals surface area contributed by atoms with Gasteiger partial charge in [0.25, 0.3) is 11.8 Å². The maximum atomic E-state index is 13.0. The minimum atomic E-state index is -0.373. The molecule has 0 bridgehead atoms. The lowest BCUT2D eigenvalue weighted by Crippen LogP contribution is -2.37. The van der Waals surface area contributed by atoms with Crippen molar-refractivity contribution in [1.82, 2.24) is 20.8 Å². The molecule has 2 amide bonds. The summed E-state index contributed by atoms with van der Waals surface area (Å²) in [5.41, 5.74) is 2.85. The highest BCUT2D eigenvalue weighted by Crippen LogP contribution is 2.22. The monoisotopic (exact) mass is 392 g/mol. The fraction of sp³-hybridized carbons (Fsp3) is 0.227. The molecule has 3 aromatic rings. The van der Waals surface area contributed by atoms with Crippen LogP contribution >= 0.6 is 0 Å². The van der Waals surface area contributed by atoms with Crippen LogP contribution in [0.15, 0.2) is 60.9 Å². The summed E-state index contributed by atoms with van der Waals surface area (Å²) in [6.45, 7) is 0. The van der Waals surface area contributed by atoms with E-state index in [-0.39, 0.29) is 29.7 Å². The molecule has 0 spiro atoms. The van der Waals surface area contributed by atoms with E-state index in [1.54, 1.807) is 18.5 Å². The molecule has 0 unspecified atom stereocenters. The van der Waals surface area contributed by atoms with Gasteiger partial charge in [-0.15, -0.1) is 0 Å². The summed E-state index contributed by atoms with van der Waals surface area (Å²) in [5, 5.41) is 12.7. The van der Waals surface area contributed by atoms with Crippen LogP contribution in [0.2, 0.25) is 0 Å². The van der Waals surface area contributed by atoms with E-state index >= 15 is 0 Å². The predicted octanol–water partition coefficient (Wildman–Crippen LogP) is 3.30. The Labute approximate surface area is 167 Å². The molecule has 1 aliphatic carbocycles. The van der Waals surface area contributed by atoms with Crippen molar-refractivity contribution in [3.05, 3.63) is 77.9 Å². The van der Waals surface area contributed by atoms with Gasteiger partial charge in [0.2, 0.25) is 0 Å². The van der Waals surface area contributed by atoms with Crippen LogP contribution < -0.4 is 10.6 Å². The number of nitrogens with zero attached hydrogens (tertiary/aromatic N) is 1. The summed E-state index contributed by atoms with van der Waals surface area (Å²) in [6, 6.07) is 12.8. The lowest BCUT2D eigenvalue weighted by atomic mass is 10.1. The van der Waals surface area contributed by atoms with E-state index in [1.807, 2.05) is 18.2 Å². The maximum absolute atomic E-state index is 13.0. The molecule has 3 N–H and O–H groups in total. The normalized spacial score (nSPS) is 18.4. The molecule has 0 aliphatic heterocycles. The average molecular weight is 392 g/mol. The minimum Gasteiger partial charge on any atom is -0.349 e. The van der Waals surface area contributed by atoms with Gasteiger partial charge >= 0.3 is 0 Å². The average Bonchev–Trinajstić information content (AvgIpc) is 3.41. The molecule has 2 atom stereocenters. The van der Waals surface area contributed by atoms with Crippen molar-refractivity contribution in [1.29, 1.82) is 0 Å². The molecule has 148 valence electrons. The quantitative estimate of drug-likeness (QED) is 0.623. The Bertz CT molecular complexity index is 1000. The van der Waals surface area contributed by atoms with Crippen molar-refractivity contribution in [2.24, 2.45) is 0 Å². The van der Waals surface area contributed by atoms with Crippen LogP contribution in [0.1, 0.15) is 40.0 Å². The van der Waals surface area contributed by atoms with Gasteiger partial charge < -0.3 is 10.6 Å². The number of hydrogen-bond acceptors (Lipinski definition) is 3. The molecule has 0 saturated heterocycles. The Morgan fingerprint density at radius 3 is 2.28 bits per heavy atom. The Morgan fingerprint density at radius 1 is 0.931 bits per heavy atom. The van der Waals surface area contributed by atoms with E-state index in [0.717, 1.165) is 24.0 Å². The fourth-order valence-electron chi connectivity index (χ4n) is 3.63. The molecule has 0 radical (unpaired) electrons. The summed E-state index contributed by atoms with van der Waals surface area (Å²) >= 11 is 0. The van der Waals surface area contributed by atoms with Gasteiger partial charge in [0.05, 0.1) is 6.20 Å². The van der Waals surface area contributed by atoms with E-state index in [1.165, 1.54) is 24.3 Å². The summed E-state index contributed by atoms with van der Waals surface area (Å²) in [4.78, 5) is 24.9. The number of carbonyl (C=O) groups excluding carboxylic acids is 2. The van der Waals surface area contributed by atoms with Crippen LogP contribution in [-0.4, -0.2) is 34.1 Å². The molecular weight excluding hydrogens is 371 g/mol. The molecule has 2 aromatic carbocycles. The number of rotatable bonds is 5. The highest BCUT2D eigenvalue weighted by Gasteiger charge is 2.27. The first kappa shape index (κ1) is 18.9. The van der Waals surface area contributed by atoms with Crippen LogP contribution in [0.25, 0.3) is 11.1 Å². The molecular formula is C22H21FN4O2. The summed E-state index contributed by atoms with van der Waals surface area (Å²) in [7, 11) is 0. The number of nitrogens with one attached hydrogen (secondary N) is 3. The van der Waals surface area contributed by atoms with Crippen molar-refractivity contribution in [2.45, 2.75) is 31.3 Å². The van der Waals surface area contributed by atoms with Crippen molar-refractivity contribution in [2.75, 3.05) is 0 Å². The first-order valence-corrected chi connectivity index (χ1v) is 9.55. The molecule has 4 rings (SSSR count). The highest BCUT2D eigenvalue weighted by atomic mass is 19.1. The topological polar surface area (TPSA) is 86.9 Å². The largest absolute Gasteiger partial charge is 0.349 e. The second-order valence-corrected chi connectivity index (χ2v) is 7.23. The molecule has 29 heavy (non-hydrogen) atoms. The number of aromatic amines is 1. The Balaban J connectivity index is 1.33. The number of halogens is 1. The van der Waals surface area contributed by atoms with Gasteiger partial charge in [0.1, 0.15) is 5.82 Å². The second kappa shape index (κ2) is 8.26. The SMILES string of the molecule is O=C(N[C@@H]1CC[C@H](NC(=O)c2cccc(-c3cn[nH]c3)c2)C1)c1ccc(F)cc1. The third-order valence-corrected chi connectivity index (χ3v) is 5.17. The highest BCUT2D eigenvalue weighted by molar-refractivity contribution is 5.96. The predicted molar refractivity (Wildman–Crippen MR) is 107 cm³/mol. The van der Waals surface area contributed by atoms with Crippen LogP contribution in [0.3, 0.4) is 0 Å². The van der Waals surface area contributed by atoms with E-state index in [4.69, 9.17) is 0 Å². The van der Waals surface area contributed by atoms with E-state index in [2.05, 4.69) is 20.8 Å². The van der Waals surface area contributed by atoms with Gasteiger partial charge in [0, 0.05) is 35.0 Å². The van der Waals surface area contributed by atoms with Gasteiger partial charge in [-0.2, -0.15) is 5.10 Å². The first-order chi connectivity index (χ1) is 14.1. The summed E-state index contributed by atoms with van der Waals surface area (Å²) in [6.07, 6.45) is 5.74. The second-order valence-electron chi connectivity index (χ2n) is 7.23. The Morgan fingerprint density at radius 2 is 1.62 bits per heavy atom. The third kappa shape index (κ3) is 4.51. The number of hydrogen-bond donors (Lipinski definition) is 3. The summed E-state index contributed by atoms with van der Waals surface area (Å²) in [5.74, 6) is -0.734. The lowest BCUT2D eigenvalue weighted by Gasteiger charge is -2.15. The molecule has 1 saturated carbocycles. The van der Waals surface area contributed by atoms with E-state index < -0.39 is 0 Å². The zero-order valence-corrected chi connectivity index (χ0v) is 15.7. The van der Waals surface area contributed by atoms with Gasteiger partial charge in [-0.25, -0.2) is 4.39 Å². The zero-order chi connectivity index (χ0) is 20.2. The molecule has 1 heterocycles. The van der Waals surface area contributed by atoms with Crippen LogP contribution in [0.5, 0.6) is 0 Å². The van der Waals surface area contributed by atoms with Crippen molar-refractivity contribution >= 4 is 11.8 Å².